The zero-order valence-corrected chi connectivity index (χ0v) is 14.1. The molecule has 3 nitrogen and oxygen atoms in total. The normalized spacial score (nSPS) is 20.1. The zero-order chi connectivity index (χ0) is 16.8. The molecular weight excluding hydrogens is 310 g/mol. The summed E-state index contributed by atoms with van der Waals surface area (Å²) < 4.78 is 0. The number of hydrogen-bond acceptors (Lipinski definition) is 2. The van der Waals surface area contributed by atoms with E-state index < -0.39 is 11.5 Å². The van der Waals surface area contributed by atoms with Gasteiger partial charge in [-0.2, -0.15) is 0 Å². The highest BCUT2D eigenvalue weighted by atomic mass is 35.5. The molecule has 1 atom stereocenters. The van der Waals surface area contributed by atoms with Crippen molar-refractivity contribution in [3.05, 3.63) is 69.7 Å². The first-order valence-electron chi connectivity index (χ1n) is 7.46. The van der Waals surface area contributed by atoms with Crippen LogP contribution in [0.2, 0.25) is 5.02 Å². The molecule has 4 heteroatoms. The van der Waals surface area contributed by atoms with E-state index in [-0.39, 0.29) is 5.41 Å². The summed E-state index contributed by atoms with van der Waals surface area (Å²) in [4.78, 5) is 17.0. The average Bonchev–Trinajstić information content (AvgIpc) is 2.84. The maximum absolute atomic E-state index is 12.4. The van der Waals surface area contributed by atoms with Crippen LogP contribution in [0.15, 0.2) is 53.5 Å². The van der Waals surface area contributed by atoms with Crippen LogP contribution in [0.4, 0.5) is 0 Å². The number of rotatable bonds is 2. The van der Waals surface area contributed by atoms with Gasteiger partial charge in [-0.3, -0.25) is 4.99 Å². The number of carboxylic acids is 1. The third-order valence-corrected chi connectivity index (χ3v) is 4.40. The summed E-state index contributed by atoms with van der Waals surface area (Å²) >= 11 is 5.97. The number of benzene rings is 2. The van der Waals surface area contributed by atoms with Crippen LogP contribution in [0.3, 0.4) is 0 Å². The van der Waals surface area contributed by atoms with Crippen molar-refractivity contribution in [1.82, 2.24) is 0 Å². The summed E-state index contributed by atoms with van der Waals surface area (Å²) in [6, 6.07) is 14.5. The van der Waals surface area contributed by atoms with Gasteiger partial charge in [-0.1, -0.05) is 62.7 Å². The molecule has 118 valence electrons. The van der Waals surface area contributed by atoms with Gasteiger partial charge in [0.2, 0.25) is 5.54 Å². The third-order valence-electron chi connectivity index (χ3n) is 4.14. The minimum Gasteiger partial charge on any atom is -0.479 e. The summed E-state index contributed by atoms with van der Waals surface area (Å²) in [5, 5.41) is 12.3. The molecule has 0 amide bonds. The largest absolute Gasteiger partial charge is 0.479 e. The first-order valence-corrected chi connectivity index (χ1v) is 7.84. The monoisotopic (exact) mass is 327 g/mol. The van der Waals surface area contributed by atoms with E-state index in [1.807, 2.05) is 45.0 Å². The number of carbonyl (C=O) groups is 1. The van der Waals surface area contributed by atoms with E-state index in [2.05, 4.69) is 4.99 Å². The van der Waals surface area contributed by atoms with E-state index in [9.17, 15) is 9.90 Å². The van der Waals surface area contributed by atoms with Gasteiger partial charge in [-0.25, -0.2) is 4.79 Å². The third kappa shape index (κ3) is 2.36. The molecule has 1 N–H and O–H groups in total. The molecule has 23 heavy (non-hydrogen) atoms. The first kappa shape index (κ1) is 15.8. The second kappa shape index (κ2) is 5.20. The molecule has 3 rings (SSSR count). The number of halogens is 1. The Morgan fingerprint density at radius 2 is 1.70 bits per heavy atom. The van der Waals surface area contributed by atoms with E-state index in [1.165, 1.54) is 0 Å². The average molecular weight is 328 g/mol. The first-order chi connectivity index (χ1) is 10.8. The van der Waals surface area contributed by atoms with Crippen molar-refractivity contribution in [2.45, 2.75) is 26.3 Å². The molecule has 1 aliphatic rings. The Labute approximate surface area is 140 Å². The molecular formula is C19H18ClNO2. The molecule has 1 heterocycles. The van der Waals surface area contributed by atoms with Crippen LogP contribution in [-0.2, 0) is 10.3 Å². The fourth-order valence-corrected chi connectivity index (χ4v) is 3.46. The highest BCUT2D eigenvalue weighted by Crippen LogP contribution is 2.45. The highest BCUT2D eigenvalue weighted by molar-refractivity contribution is 6.30. The summed E-state index contributed by atoms with van der Waals surface area (Å²) in [7, 11) is 0. The Morgan fingerprint density at radius 3 is 2.26 bits per heavy atom. The lowest BCUT2D eigenvalue weighted by Crippen LogP contribution is -2.40. The lowest BCUT2D eigenvalue weighted by atomic mass is 9.71. The standard InChI is InChI=1S/C19H18ClNO2/c1-18(2,3)16-14-6-4-5-7-15(14)21-19(16,17(22)23)12-8-10-13(20)11-9-12/h4-11H,1-3H3,(H,22,23). The number of nitrogens with zero attached hydrogens (tertiary/aromatic N) is 1. The Hall–Kier alpha value is -2.13. The maximum atomic E-state index is 12.4. The molecule has 0 saturated heterocycles. The molecule has 0 fully saturated rings. The SMILES string of the molecule is CC(C)(C)C1=c2ccccc2=NC1(C(=O)O)c1ccc(Cl)cc1. The van der Waals surface area contributed by atoms with Crippen LogP contribution in [-0.4, -0.2) is 11.1 Å². The highest BCUT2D eigenvalue weighted by Gasteiger charge is 2.50. The number of fused-ring (bicyclic) bond motifs is 1. The molecule has 0 spiro atoms. The molecule has 0 aliphatic carbocycles. The van der Waals surface area contributed by atoms with Crippen molar-refractivity contribution in [2.24, 2.45) is 10.4 Å². The number of carboxylic acid groups (broad SMARTS) is 1. The summed E-state index contributed by atoms with van der Waals surface area (Å²) in [5.74, 6) is -0.971. The fourth-order valence-electron chi connectivity index (χ4n) is 3.34. The predicted molar refractivity (Wildman–Crippen MR) is 90.9 cm³/mol. The number of para-hydroxylation sites is 1. The number of aliphatic carboxylic acids is 1. The smallest absolute Gasteiger partial charge is 0.340 e. The fraction of sp³-hybridized carbons (Fsp3) is 0.263. The molecule has 1 unspecified atom stereocenters. The van der Waals surface area contributed by atoms with E-state index in [4.69, 9.17) is 11.6 Å². The maximum Gasteiger partial charge on any atom is 0.340 e. The van der Waals surface area contributed by atoms with Gasteiger partial charge in [-0.15, -0.1) is 0 Å². The van der Waals surface area contributed by atoms with Crippen LogP contribution in [0.25, 0.3) is 5.57 Å². The van der Waals surface area contributed by atoms with Gasteiger partial charge in [0, 0.05) is 10.2 Å². The van der Waals surface area contributed by atoms with Crippen molar-refractivity contribution in [3.8, 4) is 0 Å². The second-order valence-electron chi connectivity index (χ2n) is 6.78. The van der Waals surface area contributed by atoms with E-state index in [0.29, 0.717) is 10.6 Å². The van der Waals surface area contributed by atoms with Crippen molar-refractivity contribution in [1.29, 1.82) is 0 Å². The van der Waals surface area contributed by atoms with Crippen LogP contribution in [0.5, 0.6) is 0 Å². The quantitative estimate of drug-likeness (QED) is 0.921. The Morgan fingerprint density at radius 1 is 1.09 bits per heavy atom. The molecule has 0 bridgehead atoms. The summed E-state index contributed by atoms with van der Waals surface area (Å²) in [6.07, 6.45) is 0. The lowest BCUT2D eigenvalue weighted by Gasteiger charge is -2.34. The summed E-state index contributed by atoms with van der Waals surface area (Å²) in [5.41, 5.74) is -0.341. The molecule has 0 aromatic heterocycles. The molecule has 2 aromatic carbocycles. The minimum atomic E-state index is -1.41. The Bertz CT molecular complexity index is 894. The minimum absolute atomic E-state index is 0.353. The molecule has 1 aliphatic heterocycles. The van der Waals surface area contributed by atoms with Gasteiger partial charge in [-0.05, 0) is 34.8 Å². The zero-order valence-electron chi connectivity index (χ0n) is 13.3. The molecule has 2 aromatic rings. The van der Waals surface area contributed by atoms with E-state index in [0.717, 1.165) is 16.1 Å². The van der Waals surface area contributed by atoms with Crippen LogP contribution in [0, 0.1) is 5.41 Å². The number of hydrogen-bond donors (Lipinski definition) is 1. The van der Waals surface area contributed by atoms with Crippen LogP contribution < -0.4 is 10.6 Å². The lowest BCUT2D eigenvalue weighted by molar-refractivity contribution is -0.141. The van der Waals surface area contributed by atoms with Gasteiger partial charge in [0.05, 0.1) is 5.36 Å². The van der Waals surface area contributed by atoms with Crippen molar-refractivity contribution >= 4 is 23.1 Å². The van der Waals surface area contributed by atoms with E-state index >= 15 is 0 Å². The topological polar surface area (TPSA) is 49.7 Å². The summed E-state index contributed by atoms with van der Waals surface area (Å²) in [6.45, 7) is 6.06. The van der Waals surface area contributed by atoms with Crippen LogP contribution >= 0.6 is 11.6 Å². The Kier molecular flexibility index (Phi) is 3.56. The second-order valence-corrected chi connectivity index (χ2v) is 7.21. The van der Waals surface area contributed by atoms with Gasteiger partial charge in [0.15, 0.2) is 0 Å². The Balaban J connectivity index is 2.45. The molecule has 0 radical (unpaired) electrons. The molecule has 0 saturated carbocycles. The van der Waals surface area contributed by atoms with Crippen LogP contribution in [0.1, 0.15) is 26.3 Å². The van der Waals surface area contributed by atoms with Gasteiger partial charge >= 0.3 is 5.97 Å². The van der Waals surface area contributed by atoms with Gasteiger partial charge in [0.1, 0.15) is 0 Å². The van der Waals surface area contributed by atoms with Crippen molar-refractivity contribution in [2.75, 3.05) is 0 Å². The van der Waals surface area contributed by atoms with E-state index in [1.54, 1.807) is 24.3 Å². The van der Waals surface area contributed by atoms with Crippen molar-refractivity contribution in [3.63, 3.8) is 0 Å². The predicted octanol–water partition coefficient (Wildman–Crippen LogP) is 3.15. The van der Waals surface area contributed by atoms with Gasteiger partial charge in [0.25, 0.3) is 0 Å². The van der Waals surface area contributed by atoms with Gasteiger partial charge < -0.3 is 5.11 Å². The van der Waals surface area contributed by atoms with Crippen molar-refractivity contribution < 1.29 is 9.90 Å².